The van der Waals surface area contributed by atoms with E-state index in [1.54, 1.807) is 0 Å². The van der Waals surface area contributed by atoms with E-state index in [9.17, 15) is 4.79 Å². The number of aliphatic hydroxyl groups excluding tert-OH is 1. The fourth-order valence-corrected chi connectivity index (χ4v) is 1.22. The van der Waals surface area contributed by atoms with Crippen LogP contribution in [-0.4, -0.2) is 43.5 Å². The smallest absolute Gasteiger partial charge is 0.315 e. The maximum atomic E-state index is 11.3. The normalized spacial score (nSPS) is 23.1. The lowest BCUT2D eigenvalue weighted by Crippen LogP contribution is -2.43. The number of ether oxygens (including phenoxy) is 1. The Labute approximate surface area is 83.8 Å². The average molecular weight is 202 g/mol. The van der Waals surface area contributed by atoms with Gasteiger partial charge in [-0.1, -0.05) is 6.92 Å². The number of amides is 2. The lowest BCUT2D eigenvalue weighted by atomic mass is 10.2. The summed E-state index contributed by atoms with van der Waals surface area (Å²) in [6.07, 6.45) is 0.878. The molecule has 5 heteroatoms. The Hall–Kier alpha value is -0.810. The zero-order valence-corrected chi connectivity index (χ0v) is 8.45. The van der Waals surface area contributed by atoms with E-state index in [-0.39, 0.29) is 24.6 Å². The third kappa shape index (κ3) is 3.93. The minimum atomic E-state index is -0.180. The third-order valence-corrected chi connectivity index (χ3v) is 2.19. The quantitative estimate of drug-likeness (QED) is 0.586. The molecule has 2 unspecified atom stereocenters. The van der Waals surface area contributed by atoms with Crippen LogP contribution in [0.3, 0.4) is 0 Å². The minimum Gasteiger partial charge on any atom is -0.396 e. The molecule has 1 aliphatic heterocycles. The SMILES string of the molecule is CC(CO)CNC(=O)NC1CCOC1. The summed E-state index contributed by atoms with van der Waals surface area (Å²) in [6, 6.07) is -0.0415. The molecule has 2 atom stereocenters. The molecule has 0 aromatic heterocycles. The van der Waals surface area contributed by atoms with Crippen LogP contribution < -0.4 is 10.6 Å². The highest BCUT2D eigenvalue weighted by Gasteiger charge is 2.17. The standard InChI is InChI=1S/C9H18N2O3/c1-7(5-12)4-10-9(13)11-8-2-3-14-6-8/h7-8,12H,2-6H2,1H3,(H2,10,11,13). The van der Waals surface area contributed by atoms with Crippen LogP contribution in [0.1, 0.15) is 13.3 Å². The lowest BCUT2D eigenvalue weighted by Gasteiger charge is -2.13. The summed E-state index contributed by atoms with van der Waals surface area (Å²) in [4.78, 5) is 11.3. The van der Waals surface area contributed by atoms with Crippen molar-refractivity contribution in [2.75, 3.05) is 26.4 Å². The van der Waals surface area contributed by atoms with Gasteiger partial charge in [-0.15, -0.1) is 0 Å². The van der Waals surface area contributed by atoms with Crippen molar-refractivity contribution in [1.29, 1.82) is 0 Å². The summed E-state index contributed by atoms with van der Waals surface area (Å²) in [5, 5.41) is 14.2. The van der Waals surface area contributed by atoms with E-state index in [0.29, 0.717) is 13.2 Å². The Balaban J connectivity index is 2.09. The summed E-state index contributed by atoms with van der Waals surface area (Å²) >= 11 is 0. The first-order valence-corrected chi connectivity index (χ1v) is 4.95. The molecule has 5 nitrogen and oxygen atoms in total. The van der Waals surface area contributed by atoms with Crippen molar-refractivity contribution >= 4 is 6.03 Å². The fraction of sp³-hybridized carbons (Fsp3) is 0.889. The van der Waals surface area contributed by atoms with Gasteiger partial charge in [-0.25, -0.2) is 4.79 Å². The van der Waals surface area contributed by atoms with E-state index in [4.69, 9.17) is 9.84 Å². The van der Waals surface area contributed by atoms with Gasteiger partial charge in [0.05, 0.1) is 12.6 Å². The van der Waals surface area contributed by atoms with E-state index in [2.05, 4.69) is 10.6 Å². The molecular formula is C9H18N2O3. The largest absolute Gasteiger partial charge is 0.396 e. The second-order valence-corrected chi connectivity index (χ2v) is 3.70. The molecule has 1 fully saturated rings. The summed E-state index contributed by atoms with van der Waals surface area (Å²) < 4.78 is 5.12. The van der Waals surface area contributed by atoms with Crippen LogP contribution in [0.4, 0.5) is 4.79 Å². The summed E-state index contributed by atoms with van der Waals surface area (Å²) in [7, 11) is 0. The molecule has 3 N–H and O–H groups in total. The topological polar surface area (TPSA) is 70.6 Å². The number of hydrogen-bond acceptors (Lipinski definition) is 3. The van der Waals surface area contributed by atoms with Crippen LogP contribution in [0.5, 0.6) is 0 Å². The van der Waals surface area contributed by atoms with Gasteiger partial charge in [0.2, 0.25) is 0 Å². The van der Waals surface area contributed by atoms with E-state index in [1.807, 2.05) is 6.92 Å². The predicted octanol–water partition coefficient (Wildman–Crippen LogP) is -0.297. The Bertz CT molecular complexity index is 181. The Morgan fingerprint density at radius 1 is 1.71 bits per heavy atom. The van der Waals surface area contributed by atoms with Gasteiger partial charge in [0.15, 0.2) is 0 Å². The first-order valence-electron chi connectivity index (χ1n) is 4.95. The molecular weight excluding hydrogens is 184 g/mol. The van der Waals surface area contributed by atoms with Crippen LogP contribution in [0.25, 0.3) is 0 Å². The highest BCUT2D eigenvalue weighted by Crippen LogP contribution is 2.02. The molecule has 0 spiro atoms. The molecule has 82 valence electrons. The van der Waals surface area contributed by atoms with Crippen LogP contribution in [0.15, 0.2) is 0 Å². The monoisotopic (exact) mass is 202 g/mol. The van der Waals surface area contributed by atoms with Crippen molar-refractivity contribution in [3.05, 3.63) is 0 Å². The van der Waals surface area contributed by atoms with Gasteiger partial charge >= 0.3 is 6.03 Å². The lowest BCUT2D eigenvalue weighted by molar-refractivity contribution is 0.187. The van der Waals surface area contributed by atoms with Gasteiger partial charge in [-0.05, 0) is 12.3 Å². The molecule has 1 saturated heterocycles. The molecule has 14 heavy (non-hydrogen) atoms. The molecule has 0 radical (unpaired) electrons. The summed E-state index contributed by atoms with van der Waals surface area (Å²) in [5.74, 6) is 0.0978. The number of nitrogens with one attached hydrogen (secondary N) is 2. The highest BCUT2D eigenvalue weighted by atomic mass is 16.5. The van der Waals surface area contributed by atoms with Gasteiger partial charge in [0.25, 0.3) is 0 Å². The highest BCUT2D eigenvalue weighted by molar-refractivity contribution is 5.74. The zero-order chi connectivity index (χ0) is 10.4. The number of urea groups is 1. The maximum Gasteiger partial charge on any atom is 0.315 e. The molecule has 0 bridgehead atoms. The molecule has 1 rings (SSSR count). The second-order valence-electron chi connectivity index (χ2n) is 3.70. The van der Waals surface area contributed by atoms with E-state index >= 15 is 0 Å². The molecule has 1 heterocycles. The predicted molar refractivity (Wildman–Crippen MR) is 52.0 cm³/mol. The van der Waals surface area contributed by atoms with Gasteiger partial charge in [-0.3, -0.25) is 0 Å². The van der Waals surface area contributed by atoms with Crippen molar-refractivity contribution in [2.45, 2.75) is 19.4 Å². The fourth-order valence-electron chi connectivity index (χ4n) is 1.22. The number of hydrogen-bond donors (Lipinski definition) is 3. The van der Waals surface area contributed by atoms with Crippen molar-refractivity contribution < 1.29 is 14.6 Å². The van der Waals surface area contributed by atoms with Gasteiger partial charge < -0.3 is 20.5 Å². The Morgan fingerprint density at radius 3 is 3.07 bits per heavy atom. The summed E-state index contributed by atoms with van der Waals surface area (Å²) in [5.41, 5.74) is 0. The van der Waals surface area contributed by atoms with Crippen LogP contribution in [0.2, 0.25) is 0 Å². The van der Waals surface area contributed by atoms with Crippen LogP contribution >= 0.6 is 0 Å². The number of aliphatic hydroxyl groups is 1. The van der Waals surface area contributed by atoms with Gasteiger partial charge in [-0.2, -0.15) is 0 Å². The van der Waals surface area contributed by atoms with Crippen LogP contribution in [-0.2, 0) is 4.74 Å². The van der Waals surface area contributed by atoms with Gasteiger partial charge in [0.1, 0.15) is 0 Å². The van der Waals surface area contributed by atoms with Crippen molar-refractivity contribution in [3.63, 3.8) is 0 Å². The van der Waals surface area contributed by atoms with Gasteiger partial charge in [0, 0.05) is 19.8 Å². The number of carbonyl (C=O) groups is 1. The Kier molecular flexibility index (Phi) is 4.69. The first kappa shape index (κ1) is 11.3. The van der Waals surface area contributed by atoms with Crippen molar-refractivity contribution in [2.24, 2.45) is 5.92 Å². The minimum absolute atomic E-state index is 0.0901. The molecule has 0 aliphatic carbocycles. The molecule has 0 aromatic rings. The van der Waals surface area contributed by atoms with Crippen molar-refractivity contribution in [3.8, 4) is 0 Å². The molecule has 0 aromatic carbocycles. The average Bonchev–Trinajstić information content (AvgIpc) is 2.66. The first-order chi connectivity index (χ1) is 6.72. The second kappa shape index (κ2) is 5.82. The molecule has 2 amide bonds. The number of rotatable bonds is 4. The molecule has 1 aliphatic rings. The zero-order valence-electron chi connectivity index (χ0n) is 8.45. The Morgan fingerprint density at radius 2 is 2.50 bits per heavy atom. The van der Waals surface area contributed by atoms with Crippen LogP contribution in [0, 0.1) is 5.92 Å². The maximum absolute atomic E-state index is 11.3. The summed E-state index contributed by atoms with van der Waals surface area (Å²) in [6.45, 7) is 3.78. The van der Waals surface area contributed by atoms with E-state index in [1.165, 1.54) is 0 Å². The molecule has 0 saturated carbocycles. The van der Waals surface area contributed by atoms with E-state index < -0.39 is 0 Å². The third-order valence-electron chi connectivity index (χ3n) is 2.19. The van der Waals surface area contributed by atoms with E-state index in [0.717, 1.165) is 13.0 Å². The number of carbonyl (C=O) groups excluding carboxylic acids is 1. The van der Waals surface area contributed by atoms with Crippen molar-refractivity contribution in [1.82, 2.24) is 10.6 Å².